The number of anilines is 2. The third kappa shape index (κ3) is 30.3. The molecule has 106 heavy (non-hydrogen) atoms. The number of benzene rings is 6. The van der Waals surface area contributed by atoms with Crippen molar-refractivity contribution in [2.45, 2.75) is 51.2 Å². The predicted octanol–water partition coefficient (Wildman–Crippen LogP) is 3.33. The Balaban J connectivity index is 0.855. The second-order valence-corrected chi connectivity index (χ2v) is 22.6. The van der Waals surface area contributed by atoms with Crippen LogP contribution in [0.3, 0.4) is 0 Å². The van der Waals surface area contributed by atoms with Crippen LogP contribution in [0.5, 0.6) is 11.5 Å². The van der Waals surface area contributed by atoms with Crippen molar-refractivity contribution in [1.82, 2.24) is 31.1 Å². The molecular formula is C70H78N12O24. The lowest BCUT2D eigenvalue weighted by atomic mass is 10.1. The minimum Gasteiger partial charge on any atom is -0.481 e. The number of amides is 6. The van der Waals surface area contributed by atoms with Crippen molar-refractivity contribution >= 4 is 94.9 Å². The quantitative estimate of drug-likeness (QED) is 0.00858. The normalized spacial score (nSPS) is 11.2. The van der Waals surface area contributed by atoms with Crippen molar-refractivity contribution < 1.29 is 116 Å². The maximum absolute atomic E-state index is 13.6. The molecule has 6 amide bonds. The molecule has 0 aromatic heterocycles. The van der Waals surface area contributed by atoms with E-state index in [0.29, 0.717) is 22.5 Å². The van der Waals surface area contributed by atoms with E-state index in [1.807, 2.05) is 0 Å². The topological polar surface area (TPSA) is 538 Å². The summed E-state index contributed by atoms with van der Waals surface area (Å²) in [7, 11) is 0. The van der Waals surface area contributed by atoms with Crippen LogP contribution in [0.4, 0.5) is 21.0 Å². The number of esters is 2. The number of carboxylic acid groups (broad SMARTS) is 4. The number of carbonyl (C=O) groups excluding carboxylic acids is 8. The van der Waals surface area contributed by atoms with Gasteiger partial charge in [0.15, 0.2) is 11.9 Å². The molecule has 0 saturated heterocycles. The fourth-order valence-corrected chi connectivity index (χ4v) is 9.31. The highest BCUT2D eigenvalue weighted by atomic mass is 16.6. The SMILES string of the molecule is N=C(N)Nc1ccc(C(=O)Oc2ccc(COC(=O)N(CC(=O)N[C@@H](CC(=O)O)C(=O)NCCOCCOCCOCCOCCNC(=O)[C@H](CC(=O)O)NC(=O)CN(Cc3cccc(C(=O)O)c3)C(=O)OCc3ccc(OC(=O)c4ccc(NC(=N)N)cc4)cc3)Cc3cccc(C(=O)O)c3)cc2)cc1. The number of hydrogen-bond donors (Lipinski definition) is 14. The van der Waals surface area contributed by atoms with E-state index < -0.39 is 110 Å². The predicted molar refractivity (Wildman–Crippen MR) is 372 cm³/mol. The summed E-state index contributed by atoms with van der Waals surface area (Å²) < 4.78 is 43.8. The maximum Gasteiger partial charge on any atom is 0.410 e. The zero-order valence-corrected chi connectivity index (χ0v) is 56.7. The third-order valence-corrected chi connectivity index (χ3v) is 14.3. The van der Waals surface area contributed by atoms with Gasteiger partial charge in [-0.25, -0.2) is 28.8 Å². The minimum absolute atomic E-state index is 0.0515. The van der Waals surface area contributed by atoms with Gasteiger partial charge in [0.05, 0.1) is 88.0 Å². The molecule has 0 aliphatic heterocycles. The van der Waals surface area contributed by atoms with Crippen molar-refractivity contribution in [3.05, 3.63) is 190 Å². The number of guanidine groups is 2. The molecule has 36 heteroatoms. The first-order chi connectivity index (χ1) is 50.8. The molecule has 6 rings (SSSR count). The number of ether oxygens (including phenoxy) is 8. The van der Waals surface area contributed by atoms with Gasteiger partial charge in [-0.05, 0) is 119 Å². The van der Waals surface area contributed by atoms with E-state index in [0.717, 1.165) is 9.80 Å². The number of nitrogens with two attached hydrogens (primary N) is 2. The van der Waals surface area contributed by atoms with E-state index >= 15 is 0 Å². The molecule has 0 radical (unpaired) electrons. The van der Waals surface area contributed by atoms with Crippen molar-refractivity contribution in [2.24, 2.45) is 11.5 Å². The lowest BCUT2D eigenvalue weighted by Gasteiger charge is -2.24. The molecule has 0 saturated carbocycles. The van der Waals surface area contributed by atoms with Crippen LogP contribution in [0.2, 0.25) is 0 Å². The second-order valence-electron chi connectivity index (χ2n) is 22.6. The molecule has 6 aromatic rings. The molecule has 6 aromatic carbocycles. The summed E-state index contributed by atoms with van der Waals surface area (Å²) in [6, 6.07) is 31.7. The lowest BCUT2D eigenvalue weighted by molar-refractivity contribution is -0.141. The molecule has 0 bridgehead atoms. The summed E-state index contributed by atoms with van der Waals surface area (Å²) in [5.74, 6) is -10.7. The Morgan fingerprint density at radius 1 is 0.415 bits per heavy atom. The van der Waals surface area contributed by atoms with Gasteiger partial charge in [-0.15, -0.1) is 0 Å². The molecule has 36 nitrogen and oxygen atoms in total. The molecular weight excluding hydrogens is 1390 g/mol. The molecule has 0 aliphatic rings. The maximum atomic E-state index is 13.6. The molecule has 562 valence electrons. The highest BCUT2D eigenvalue weighted by molar-refractivity contribution is 5.96. The Kier molecular flexibility index (Phi) is 33.2. The zero-order valence-electron chi connectivity index (χ0n) is 56.7. The Labute approximate surface area is 604 Å². The highest BCUT2D eigenvalue weighted by Gasteiger charge is 2.29. The fourth-order valence-electron chi connectivity index (χ4n) is 9.31. The summed E-state index contributed by atoms with van der Waals surface area (Å²) in [4.78, 5) is 155. The molecule has 0 spiro atoms. The zero-order chi connectivity index (χ0) is 76.9. The van der Waals surface area contributed by atoms with Gasteiger partial charge in [-0.3, -0.25) is 49.4 Å². The van der Waals surface area contributed by atoms with Gasteiger partial charge < -0.3 is 102 Å². The summed E-state index contributed by atoms with van der Waals surface area (Å²) >= 11 is 0. The number of aliphatic carboxylic acids is 2. The smallest absolute Gasteiger partial charge is 0.410 e. The van der Waals surface area contributed by atoms with Crippen LogP contribution in [0.25, 0.3) is 0 Å². The highest BCUT2D eigenvalue weighted by Crippen LogP contribution is 2.21. The van der Waals surface area contributed by atoms with Gasteiger partial charge in [-0.1, -0.05) is 48.5 Å². The van der Waals surface area contributed by atoms with E-state index in [1.165, 1.54) is 146 Å². The first-order valence-corrected chi connectivity index (χ1v) is 32.2. The molecule has 2 atom stereocenters. The Bertz CT molecular complexity index is 3790. The first-order valence-electron chi connectivity index (χ1n) is 32.2. The van der Waals surface area contributed by atoms with Gasteiger partial charge in [0.25, 0.3) is 0 Å². The van der Waals surface area contributed by atoms with E-state index in [2.05, 4.69) is 31.9 Å². The van der Waals surface area contributed by atoms with Crippen LogP contribution in [-0.2, 0) is 83.5 Å². The van der Waals surface area contributed by atoms with Crippen LogP contribution in [-0.4, -0.2) is 205 Å². The number of aromatic carboxylic acids is 2. The number of rotatable bonds is 43. The number of nitrogens with zero attached hydrogens (tertiary/aromatic N) is 2. The van der Waals surface area contributed by atoms with Gasteiger partial charge in [0.2, 0.25) is 23.6 Å². The van der Waals surface area contributed by atoms with Crippen LogP contribution in [0.1, 0.15) is 76.5 Å². The van der Waals surface area contributed by atoms with Gasteiger partial charge >= 0.3 is 48.0 Å². The van der Waals surface area contributed by atoms with E-state index in [1.54, 1.807) is 0 Å². The average molecular weight is 1470 g/mol. The fraction of sp³-hybridized carbons (Fsp3) is 0.286. The molecule has 0 aliphatic carbocycles. The second kappa shape index (κ2) is 43.0. The van der Waals surface area contributed by atoms with Gasteiger partial charge in [-0.2, -0.15) is 0 Å². The molecule has 16 N–H and O–H groups in total. The molecule has 0 heterocycles. The molecule has 0 fully saturated rings. The number of carboxylic acids is 4. The van der Waals surface area contributed by atoms with Crippen molar-refractivity contribution in [2.75, 3.05) is 89.7 Å². The molecule has 0 unspecified atom stereocenters. The van der Waals surface area contributed by atoms with E-state index in [4.69, 9.17) is 60.2 Å². The van der Waals surface area contributed by atoms with Crippen LogP contribution >= 0.6 is 0 Å². The Morgan fingerprint density at radius 3 is 1.08 bits per heavy atom. The van der Waals surface area contributed by atoms with Gasteiger partial charge in [0, 0.05) is 37.6 Å². The number of nitrogens with one attached hydrogen (secondary N) is 8. The summed E-state index contributed by atoms with van der Waals surface area (Å²) in [5, 5.41) is 67.8. The monoisotopic (exact) mass is 1470 g/mol. The van der Waals surface area contributed by atoms with Crippen molar-refractivity contribution in [3.8, 4) is 11.5 Å². The Hall–Kier alpha value is -13.1. The number of hydrogen-bond acceptors (Lipinski definition) is 22. The lowest BCUT2D eigenvalue weighted by Crippen LogP contribution is -2.51. The van der Waals surface area contributed by atoms with Crippen LogP contribution in [0, 0.1) is 10.8 Å². The van der Waals surface area contributed by atoms with Crippen LogP contribution in [0.15, 0.2) is 146 Å². The minimum atomic E-state index is -1.61. The van der Waals surface area contributed by atoms with Gasteiger partial charge in [0.1, 0.15) is 49.9 Å². The van der Waals surface area contributed by atoms with E-state index in [9.17, 15) is 78.0 Å². The summed E-state index contributed by atoms with van der Waals surface area (Å²) in [5.41, 5.74) is 13.3. The average Bonchev–Trinajstić information content (AvgIpc) is 0.870. The Morgan fingerprint density at radius 2 is 0.755 bits per heavy atom. The van der Waals surface area contributed by atoms with Crippen molar-refractivity contribution in [3.63, 3.8) is 0 Å². The third-order valence-electron chi connectivity index (χ3n) is 14.3. The summed E-state index contributed by atoms with van der Waals surface area (Å²) in [6.45, 7) is -2.61. The first kappa shape index (κ1) is 81.9. The largest absolute Gasteiger partial charge is 0.481 e. The van der Waals surface area contributed by atoms with E-state index in [-0.39, 0.29) is 149 Å². The summed E-state index contributed by atoms with van der Waals surface area (Å²) in [6.07, 6.45) is -3.78. The number of carbonyl (C=O) groups is 12. The van der Waals surface area contributed by atoms with Crippen LogP contribution < -0.4 is 52.8 Å². The standard InChI is InChI=1S/C70H78N12O24/c71-67(72)77-51-15-11-47(12-16-51)65(95)105-53-19-7-43(8-20-53)41-103-69(97)81(37-45-3-1-5-49(33-45)63(91)92)39-57(83)79-55(35-59(85)86)61(89)75-23-25-99-27-29-101-31-32-102-30-28-100-26-24-76-62(90)56(36-60(87)88)80-58(84)40-82(38-46-4-2-6-50(34-46)64(93)94)70(98)104-42-44-9-21-54(22-10-44)106-66(96)48-13-17-52(18-14-48)78-68(73)74/h1-22,33-34,55-56H,23-32,35-42H2,(H,75,89)(H,76,90)(H,79,83)(H,80,84)(H,85,86)(H,87,88)(H,91,92)(H,93,94)(H4,71,72,77)(H4,73,74,78)/t55-,56-/m0/s1. The van der Waals surface area contributed by atoms with Crippen molar-refractivity contribution in [1.29, 1.82) is 10.8 Å².